The molecular formula is C26H24BrCl2N3O4. The fourth-order valence-corrected chi connectivity index (χ4v) is 4.10. The van der Waals surface area contributed by atoms with Gasteiger partial charge in [-0.15, -0.1) is 0 Å². The normalized spacial score (nSPS) is 10.8. The molecule has 0 saturated carbocycles. The van der Waals surface area contributed by atoms with Gasteiger partial charge in [-0.3, -0.25) is 9.59 Å². The monoisotopic (exact) mass is 591 g/mol. The highest BCUT2D eigenvalue weighted by atomic mass is 79.9. The summed E-state index contributed by atoms with van der Waals surface area (Å²) in [5.74, 6) is 0.331. The second-order valence-electron chi connectivity index (χ2n) is 7.77. The predicted molar refractivity (Wildman–Crippen MR) is 146 cm³/mol. The van der Waals surface area contributed by atoms with Crippen LogP contribution in [-0.2, 0) is 16.2 Å². The smallest absolute Gasteiger partial charge is 0.240 e. The number of halogens is 3. The van der Waals surface area contributed by atoms with Gasteiger partial charge in [0.1, 0.15) is 6.61 Å². The van der Waals surface area contributed by atoms with Crippen molar-refractivity contribution in [3.63, 3.8) is 0 Å². The van der Waals surface area contributed by atoms with E-state index in [0.29, 0.717) is 37.3 Å². The van der Waals surface area contributed by atoms with Crippen LogP contribution in [0, 0.1) is 6.92 Å². The Balaban J connectivity index is 1.52. The maximum absolute atomic E-state index is 12.1. The van der Waals surface area contributed by atoms with Gasteiger partial charge in [-0.1, -0.05) is 47.0 Å². The quantitative estimate of drug-likeness (QED) is 0.207. The highest BCUT2D eigenvalue weighted by Gasteiger charge is 2.13. The molecule has 7 nitrogen and oxygen atoms in total. The Morgan fingerprint density at radius 1 is 1.03 bits per heavy atom. The summed E-state index contributed by atoms with van der Waals surface area (Å²) in [6.07, 6.45) is 1.51. The minimum Gasteiger partial charge on any atom is -0.493 e. The lowest BCUT2D eigenvalue weighted by Crippen LogP contribution is -2.20. The minimum atomic E-state index is -0.379. The number of carbonyl (C=O) groups is 2. The van der Waals surface area contributed by atoms with E-state index in [2.05, 4.69) is 31.8 Å². The average molecular weight is 593 g/mol. The molecule has 0 spiro atoms. The Morgan fingerprint density at radius 2 is 1.75 bits per heavy atom. The molecule has 0 unspecified atom stereocenters. The first-order chi connectivity index (χ1) is 17.2. The third-order valence-electron chi connectivity index (χ3n) is 4.96. The molecule has 3 aromatic carbocycles. The van der Waals surface area contributed by atoms with Gasteiger partial charge in [0.2, 0.25) is 11.8 Å². The van der Waals surface area contributed by atoms with Crippen molar-refractivity contribution in [2.45, 2.75) is 26.4 Å². The zero-order valence-electron chi connectivity index (χ0n) is 19.6. The summed E-state index contributed by atoms with van der Waals surface area (Å²) in [5, 5.41) is 7.77. The molecule has 0 bridgehead atoms. The standard InChI is InChI=1S/C26H24BrCl2N3O4/c1-16-3-7-20(8-4-16)31-24(33)9-10-25(34)32-30-14-17-11-21(27)26(23(12-17)35-2)36-15-18-5-6-19(28)13-22(18)29/h3-8,11-14H,9-10,15H2,1-2H3,(H,31,33)(H,32,34). The maximum atomic E-state index is 12.1. The molecule has 0 saturated heterocycles. The molecule has 188 valence electrons. The summed E-state index contributed by atoms with van der Waals surface area (Å²) < 4.78 is 12.0. The van der Waals surface area contributed by atoms with Crippen LogP contribution in [0.15, 0.2) is 64.2 Å². The molecular weight excluding hydrogens is 569 g/mol. The Hall–Kier alpha value is -3.07. The van der Waals surface area contributed by atoms with E-state index in [1.54, 1.807) is 30.3 Å². The van der Waals surface area contributed by atoms with Crippen molar-refractivity contribution in [2.75, 3.05) is 12.4 Å². The van der Waals surface area contributed by atoms with Crippen molar-refractivity contribution < 1.29 is 19.1 Å². The van der Waals surface area contributed by atoms with Crippen LogP contribution in [0.25, 0.3) is 0 Å². The second kappa shape index (κ2) is 13.3. The van der Waals surface area contributed by atoms with Crippen LogP contribution in [-0.4, -0.2) is 25.1 Å². The summed E-state index contributed by atoms with van der Waals surface area (Å²) >= 11 is 15.6. The van der Waals surface area contributed by atoms with Crippen LogP contribution in [0.5, 0.6) is 11.5 Å². The number of carbonyl (C=O) groups excluding carboxylic acids is 2. The number of nitrogens with one attached hydrogen (secondary N) is 2. The zero-order valence-corrected chi connectivity index (χ0v) is 22.7. The molecule has 3 aromatic rings. The van der Waals surface area contributed by atoms with Crippen molar-refractivity contribution in [1.29, 1.82) is 0 Å². The first-order valence-electron chi connectivity index (χ1n) is 10.9. The van der Waals surface area contributed by atoms with E-state index in [0.717, 1.165) is 11.1 Å². The zero-order chi connectivity index (χ0) is 26.1. The molecule has 36 heavy (non-hydrogen) atoms. The minimum absolute atomic E-state index is 0.00207. The molecule has 0 heterocycles. The molecule has 0 radical (unpaired) electrons. The Bertz CT molecular complexity index is 1270. The molecule has 0 aliphatic rings. The molecule has 3 rings (SSSR count). The number of methoxy groups -OCH3 is 1. The number of hydrogen-bond acceptors (Lipinski definition) is 5. The van der Waals surface area contributed by atoms with Gasteiger partial charge in [0.25, 0.3) is 0 Å². The third-order valence-corrected chi connectivity index (χ3v) is 6.13. The van der Waals surface area contributed by atoms with Gasteiger partial charge < -0.3 is 14.8 Å². The Kier molecular flexibility index (Phi) is 10.2. The third kappa shape index (κ3) is 8.26. The summed E-state index contributed by atoms with van der Waals surface area (Å²) in [7, 11) is 1.52. The van der Waals surface area contributed by atoms with Gasteiger partial charge in [-0.2, -0.15) is 5.10 Å². The molecule has 0 atom stereocenters. The lowest BCUT2D eigenvalue weighted by Gasteiger charge is -2.14. The number of hydrogen-bond donors (Lipinski definition) is 2. The van der Waals surface area contributed by atoms with E-state index in [1.807, 2.05) is 31.2 Å². The van der Waals surface area contributed by atoms with Crippen molar-refractivity contribution in [1.82, 2.24) is 5.43 Å². The van der Waals surface area contributed by atoms with Gasteiger partial charge in [-0.05, 0) is 64.8 Å². The Labute approximate surface area is 227 Å². The van der Waals surface area contributed by atoms with E-state index in [-0.39, 0.29) is 31.3 Å². The van der Waals surface area contributed by atoms with E-state index in [1.165, 1.54) is 13.3 Å². The number of rotatable bonds is 10. The first-order valence-corrected chi connectivity index (χ1v) is 12.4. The number of amides is 2. The first kappa shape index (κ1) is 27.5. The summed E-state index contributed by atoms with van der Waals surface area (Å²) in [6, 6.07) is 16.1. The van der Waals surface area contributed by atoms with Gasteiger partial charge in [-0.25, -0.2) is 5.43 Å². The highest BCUT2D eigenvalue weighted by molar-refractivity contribution is 9.10. The van der Waals surface area contributed by atoms with Crippen LogP contribution < -0.4 is 20.2 Å². The molecule has 2 amide bonds. The molecule has 0 aliphatic carbocycles. The van der Waals surface area contributed by atoms with E-state index in [9.17, 15) is 9.59 Å². The van der Waals surface area contributed by atoms with Crippen LogP contribution in [0.1, 0.15) is 29.5 Å². The molecule has 0 fully saturated rings. The van der Waals surface area contributed by atoms with Crippen molar-refractivity contribution in [2.24, 2.45) is 5.10 Å². The number of ether oxygens (including phenoxy) is 2. The topological polar surface area (TPSA) is 89.0 Å². The number of anilines is 1. The van der Waals surface area contributed by atoms with Gasteiger partial charge >= 0.3 is 0 Å². The summed E-state index contributed by atoms with van der Waals surface area (Å²) in [6.45, 7) is 2.18. The van der Waals surface area contributed by atoms with Crippen molar-refractivity contribution in [3.8, 4) is 11.5 Å². The van der Waals surface area contributed by atoms with Gasteiger partial charge in [0.05, 0.1) is 17.8 Å². The maximum Gasteiger partial charge on any atom is 0.240 e. The van der Waals surface area contributed by atoms with Crippen molar-refractivity contribution in [3.05, 3.63) is 85.8 Å². The average Bonchev–Trinajstić information content (AvgIpc) is 2.84. The van der Waals surface area contributed by atoms with E-state index < -0.39 is 0 Å². The van der Waals surface area contributed by atoms with Crippen molar-refractivity contribution >= 4 is 62.8 Å². The van der Waals surface area contributed by atoms with E-state index >= 15 is 0 Å². The Morgan fingerprint density at radius 3 is 2.44 bits per heavy atom. The fraction of sp³-hybridized carbons (Fsp3) is 0.192. The number of nitrogens with zero attached hydrogens (tertiary/aromatic N) is 1. The van der Waals surface area contributed by atoms with Gasteiger partial charge in [0, 0.05) is 34.1 Å². The summed E-state index contributed by atoms with van der Waals surface area (Å²) in [5.41, 5.74) is 5.64. The summed E-state index contributed by atoms with van der Waals surface area (Å²) in [4.78, 5) is 24.1. The van der Waals surface area contributed by atoms with Crippen LogP contribution in [0.2, 0.25) is 10.0 Å². The molecule has 0 aliphatic heterocycles. The van der Waals surface area contributed by atoms with E-state index in [4.69, 9.17) is 32.7 Å². The van der Waals surface area contributed by atoms with Crippen LogP contribution in [0.3, 0.4) is 0 Å². The molecule has 10 heteroatoms. The fourth-order valence-electron chi connectivity index (χ4n) is 3.07. The SMILES string of the molecule is COc1cc(C=NNC(=O)CCC(=O)Nc2ccc(C)cc2)cc(Br)c1OCc1ccc(Cl)cc1Cl. The second-order valence-corrected chi connectivity index (χ2v) is 9.46. The van der Waals surface area contributed by atoms with Crippen LogP contribution >= 0.6 is 39.1 Å². The highest BCUT2D eigenvalue weighted by Crippen LogP contribution is 2.37. The lowest BCUT2D eigenvalue weighted by atomic mass is 10.2. The number of benzene rings is 3. The molecule has 0 aromatic heterocycles. The lowest BCUT2D eigenvalue weighted by molar-refractivity contribution is -0.124. The molecule has 2 N–H and O–H groups in total. The predicted octanol–water partition coefficient (Wildman–Crippen LogP) is 6.52. The largest absolute Gasteiger partial charge is 0.493 e. The number of hydrazone groups is 1. The van der Waals surface area contributed by atoms with Crippen LogP contribution in [0.4, 0.5) is 5.69 Å². The number of aryl methyl sites for hydroxylation is 1. The van der Waals surface area contributed by atoms with Gasteiger partial charge in [0.15, 0.2) is 11.5 Å².